The Morgan fingerprint density at radius 1 is 1.22 bits per heavy atom. The van der Waals surface area contributed by atoms with Crippen LogP contribution in [0.15, 0.2) is 35.4 Å². The molecule has 1 amide bonds. The van der Waals surface area contributed by atoms with Gasteiger partial charge in [-0.2, -0.15) is 0 Å². The van der Waals surface area contributed by atoms with E-state index in [0.717, 1.165) is 0 Å². The summed E-state index contributed by atoms with van der Waals surface area (Å²) < 4.78 is 1.50. The number of amides is 1. The van der Waals surface area contributed by atoms with Crippen LogP contribution in [0.25, 0.3) is 10.9 Å². The van der Waals surface area contributed by atoms with Crippen molar-refractivity contribution in [1.82, 2.24) is 19.4 Å². The van der Waals surface area contributed by atoms with E-state index in [1.54, 1.807) is 12.1 Å². The Morgan fingerprint density at radius 2 is 1.89 bits per heavy atom. The summed E-state index contributed by atoms with van der Waals surface area (Å²) in [7, 11) is 0. The standard InChI is InChI=1S/C20H28N4O3/c1-3-23(4-2)18(25)13-22-11-9-20(27,10-12-22)14-24-15-21-17-8-6-5-7-16(17)19(24)26/h5-8,15,27H,3-4,9-14H2,1-2H3. The molecule has 146 valence electrons. The lowest BCUT2D eigenvalue weighted by Crippen LogP contribution is -2.50. The van der Waals surface area contributed by atoms with Gasteiger partial charge in [0.2, 0.25) is 5.91 Å². The summed E-state index contributed by atoms with van der Waals surface area (Å²) in [6.07, 6.45) is 2.56. The van der Waals surface area contributed by atoms with E-state index in [2.05, 4.69) is 9.88 Å². The molecule has 7 nitrogen and oxygen atoms in total. The Morgan fingerprint density at radius 3 is 2.56 bits per heavy atom. The molecule has 2 heterocycles. The number of hydrogen-bond acceptors (Lipinski definition) is 5. The quantitative estimate of drug-likeness (QED) is 0.821. The smallest absolute Gasteiger partial charge is 0.261 e. The fourth-order valence-electron chi connectivity index (χ4n) is 3.69. The summed E-state index contributed by atoms with van der Waals surface area (Å²) in [5.74, 6) is 0.125. The third kappa shape index (κ3) is 4.36. The average molecular weight is 372 g/mol. The van der Waals surface area contributed by atoms with Crippen molar-refractivity contribution in [2.45, 2.75) is 38.8 Å². The van der Waals surface area contributed by atoms with Crippen LogP contribution in [-0.4, -0.2) is 68.7 Å². The number of likely N-dealkylation sites (tertiary alicyclic amines) is 1. The van der Waals surface area contributed by atoms with Crippen LogP contribution in [0.3, 0.4) is 0 Å². The van der Waals surface area contributed by atoms with Crippen LogP contribution in [0.1, 0.15) is 26.7 Å². The molecule has 0 aliphatic carbocycles. The predicted octanol–water partition coefficient (Wildman–Crippen LogP) is 1.09. The molecule has 7 heteroatoms. The predicted molar refractivity (Wildman–Crippen MR) is 105 cm³/mol. The number of rotatable bonds is 6. The highest BCUT2D eigenvalue weighted by Crippen LogP contribution is 2.24. The number of hydrogen-bond donors (Lipinski definition) is 1. The van der Waals surface area contributed by atoms with Crippen LogP contribution in [0.5, 0.6) is 0 Å². The van der Waals surface area contributed by atoms with Crippen molar-refractivity contribution < 1.29 is 9.90 Å². The summed E-state index contributed by atoms with van der Waals surface area (Å²) in [5, 5.41) is 11.5. The highest BCUT2D eigenvalue weighted by molar-refractivity contribution is 5.78. The van der Waals surface area contributed by atoms with Gasteiger partial charge in [-0.1, -0.05) is 12.1 Å². The highest BCUT2D eigenvalue weighted by Gasteiger charge is 2.34. The lowest BCUT2D eigenvalue weighted by molar-refractivity contribution is -0.133. The summed E-state index contributed by atoms with van der Waals surface area (Å²) in [6.45, 7) is 7.27. The van der Waals surface area contributed by atoms with Gasteiger partial charge in [-0.05, 0) is 38.8 Å². The Kier molecular flexibility index (Phi) is 5.92. The first kappa shape index (κ1) is 19.5. The number of likely N-dealkylation sites (N-methyl/N-ethyl adjacent to an activating group) is 1. The third-order valence-corrected chi connectivity index (χ3v) is 5.46. The van der Waals surface area contributed by atoms with Crippen molar-refractivity contribution in [2.24, 2.45) is 0 Å². The number of aliphatic hydroxyl groups is 1. The van der Waals surface area contributed by atoms with Gasteiger partial charge in [0.15, 0.2) is 0 Å². The van der Waals surface area contributed by atoms with E-state index >= 15 is 0 Å². The van der Waals surface area contributed by atoms with E-state index in [-0.39, 0.29) is 18.0 Å². The van der Waals surface area contributed by atoms with Gasteiger partial charge in [-0.15, -0.1) is 0 Å². The zero-order valence-corrected chi connectivity index (χ0v) is 16.1. The normalized spacial score (nSPS) is 17.1. The van der Waals surface area contributed by atoms with Gasteiger partial charge in [0.25, 0.3) is 5.56 Å². The maximum absolute atomic E-state index is 12.6. The minimum atomic E-state index is -0.956. The lowest BCUT2D eigenvalue weighted by Gasteiger charge is -2.38. The minimum Gasteiger partial charge on any atom is -0.388 e. The molecule has 27 heavy (non-hydrogen) atoms. The van der Waals surface area contributed by atoms with Crippen LogP contribution < -0.4 is 5.56 Å². The molecular formula is C20H28N4O3. The first-order valence-electron chi connectivity index (χ1n) is 9.62. The molecule has 0 saturated carbocycles. The zero-order valence-electron chi connectivity index (χ0n) is 16.1. The van der Waals surface area contributed by atoms with Gasteiger partial charge < -0.3 is 10.0 Å². The van der Waals surface area contributed by atoms with E-state index in [0.29, 0.717) is 56.5 Å². The summed E-state index contributed by atoms with van der Waals surface area (Å²) in [6, 6.07) is 7.23. The number of nitrogens with zero attached hydrogens (tertiary/aromatic N) is 4. The maximum atomic E-state index is 12.6. The average Bonchev–Trinajstić information content (AvgIpc) is 2.67. The molecule has 2 aromatic rings. The highest BCUT2D eigenvalue weighted by atomic mass is 16.3. The fourth-order valence-corrected chi connectivity index (χ4v) is 3.69. The second-order valence-corrected chi connectivity index (χ2v) is 7.26. The molecule has 1 aromatic carbocycles. The Hall–Kier alpha value is -2.25. The van der Waals surface area contributed by atoms with Crippen LogP contribution in [0.2, 0.25) is 0 Å². The van der Waals surface area contributed by atoms with Gasteiger partial charge in [-0.3, -0.25) is 19.1 Å². The molecule has 1 aromatic heterocycles. The molecule has 0 radical (unpaired) electrons. The molecule has 1 aliphatic rings. The molecular weight excluding hydrogens is 344 g/mol. The fraction of sp³-hybridized carbons (Fsp3) is 0.550. The van der Waals surface area contributed by atoms with Crippen molar-refractivity contribution in [3.63, 3.8) is 0 Å². The van der Waals surface area contributed by atoms with Gasteiger partial charge in [-0.25, -0.2) is 4.98 Å². The molecule has 0 unspecified atom stereocenters. The number of carbonyl (C=O) groups is 1. The van der Waals surface area contributed by atoms with Crippen LogP contribution in [-0.2, 0) is 11.3 Å². The van der Waals surface area contributed by atoms with Crippen LogP contribution in [0.4, 0.5) is 0 Å². The van der Waals surface area contributed by atoms with Crippen molar-refractivity contribution in [3.05, 3.63) is 40.9 Å². The van der Waals surface area contributed by atoms with E-state index in [9.17, 15) is 14.7 Å². The van der Waals surface area contributed by atoms with Gasteiger partial charge in [0.1, 0.15) is 0 Å². The molecule has 0 spiro atoms. The van der Waals surface area contributed by atoms with Crippen LogP contribution >= 0.6 is 0 Å². The van der Waals surface area contributed by atoms with Crippen molar-refractivity contribution in [2.75, 3.05) is 32.7 Å². The number of carbonyl (C=O) groups excluding carboxylic acids is 1. The van der Waals surface area contributed by atoms with E-state index < -0.39 is 5.60 Å². The summed E-state index contributed by atoms with van der Waals surface area (Å²) >= 11 is 0. The molecule has 0 atom stereocenters. The molecule has 0 bridgehead atoms. The summed E-state index contributed by atoms with van der Waals surface area (Å²) in [4.78, 5) is 33.1. The molecule has 3 rings (SSSR count). The van der Waals surface area contributed by atoms with Crippen molar-refractivity contribution in [3.8, 4) is 0 Å². The van der Waals surface area contributed by atoms with Gasteiger partial charge in [0, 0.05) is 26.2 Å². The second-order valence-electron chi connectivity index (χ2n) is 7.26. The lowest BCUT2D eigenvalue weighted by atomic mass is 9.91. The second kappa shape index (κ2) is 8.19. The van der Waals surface area contributed by atoms with Crippen LogP contribution in [0, 0.1) is 0 Å². The molecule has 1 fully saturated rings. The number of benzene rings is 1. The van der Waals surface area contributed by atoms with Gasteiger partial charge >= 0.3 is 0 Å². The molecule has 1 saturated heterocycles. The monoisotopic (exact) mass is 372 g/mol. The van der Waals surface area contributed by atoms with E-state index in [1.807, 2.05) is 30.9 Å². The Labute approximate surface area is 159 Å². The molecule has 1 aliphatic heterocycles. The van der Waals surface area contributed by atoms with E-state index in [4.69, 9.17) is 0 Å². The summed E-state index contributed by atoms with van der Waals surface area (Å²) in [5.41, 5.74) is -0.424. The number of piperidine rings is 1. The van der Waals surface area contributed by atoms with E-state index in [1.165, 1.54) is 10.9 Å². The van der Waals surface area contributed by atoms with Gasteiger partial charge in [0.05, 0.1) is 35.9 Å². The Balaban J connectivity index is 1.64. The topological polar surface area (TPSA) is 78.7 Å². The first-order chi connectivity index (χ1) is 13.0. The maximum Gasteiger partial charge on any atom is 0.261 e. The molecule has 1 N–H and O–H groups in total. The zero-order chi connectivity index (χ0) is 19.4. The van der Waals surface area contributed by atoms with Crippen molar-refractivity contribution >= 4 is 16.8 Å². The number of fused-ring (bicyclic) bond motifs is 1. The Bertz CT molecular complexity index is 852. The largest absolute Gasteiger partial charge is 0.388 e. The minimum absolute atomic E-state index is 0.125. The first-order valence-corrected chi connectivity index (χ1v) is 9.62. The number of aromatic nitrogens is 2. The number of para-hydroxylation sites is 1. The SMILES string of the molecule is CCN(CC)C(=O)CN1CCC(O)(Cn2cnc3ccccc3c2=O)CC1. The third-order valence-electron chi connectivity index (χ3n) is 5.46. The van der Waals surface area contributed by atoms with Crippen molar-refractivity contribution in [1.29, 1.82) is 0 Å².